The zero-order valence-corrected chi connectivity index (χ0v) is 10.7. The van der Waals surface area contributed by atoms with Gasteiger partial charge in [-0.3, -0.25) is 0 Å². The Labute approximate surface area is 104 Å². The van der Waals surface area contributed by atoms with Crippen LogP contribution in [-0.4, -0.2) is 0 Å². The van der Waals surface area contributed by atoms with E-state index >= 15 is 0 Å². The highest BCUT2D eigenvalue weighted by Gasteiger charge is 2.21. The molecule has 0 unspecified atom stereocenters. The first-order chi connectivity index (χ1) is 8.25. The summed E-state index contributed by atoms with van der Waals surface area (Å²) in [6, 6.07) is 10.3. The van der Waals surface area contributed by atoms with Gasteiger partial charge in [0.1, 0.15) is 6.61 Å². The Morgan fingerprint density at radius 1 is 1.18 bits per heavy atom. The minimum Gasteiger partial charge on any atom is -0.494 e. The second-order valence-electron chi connectivity index (χ2n) is 5.20. The molecule has 0 atom stereocenters. The highest BCUT2D eigenvalue weighted by atomic mass is 16.5. The van der Waals surface area contributed by atoms with Gasteiger partial charge in [-0.2, -0.15) is 0 Å². The van der Waals surface area contributed by atoms with E-state index in [9.17, 15) is 0 Å². The monoisotopic (exact) mass is 230 g/mol. The molecular formula is C16H22O. The third-order valence-electron chi connectivity index (χ3n) is 3.74. The van der Waals surface area contributed by atoms with Crippen LogP contribution in [0.25, 0.3) is 0 Å². The highest BCUT2D eigenvalue weighted by Crippen LogP contribution is 2.32. The summed E-state index contributed by atoms with van der Waals surface area (Å²) >= 11 is 0. The van der Waals surface area contributed by atoms with Gasteiger partial charge in [0.25, 0.3) is 0 Å². The Bertz CT molecular complexity index is 347. The molecule has 0 radical (unpaired) electrons. The van der Waals surface area contributed by atoms with E-state index in [0.29, 0.717) is 12.5 Å². The molecule has 0 aliphatic heterocycles. The average Bonchev–Trinajstić information content (AvgIpc) is 2.38. The Balaban J connectivity index is 1.78. The summed E-state index contributed by atoms with van der Waals surface area (Å²) in [7, 11) is 0. The molecule has 0 aromatic heterocycles. The van der Waals surface area contributed by atoms with Gasteiger partial charge in [0.05, 0.1) is 5.76 Å². The zero-order chi connectivity index (χ0) is 12.1. The number of allylic oxidation sites excluding steroid dienone is 1. The van der Waals surface area contributed by atoms with E-state index in [1.165, 1.54) is 31.2 Å². The van der Waals surface area contributed by atoms with Crippen LogP contribution in [-0.2, 0) is 11.3 Å². The van der Waals surface area contributed by atoms with Crippen LogP contribution in [0.3, 0.4) is 0 Å². The van der Waals surface area contributed by atoms with Gasteiger partial charge in [0.2, 0.25) is 0 Å². The van der Waals surface area contributed by atoms with E-state index in [4.69, 9.17) is 4.74 Å². The predicted molar refractivity (Wildman–Crippen MR) is 71.5 cm³/mol. The molecule has 1 saturated carbocycles. The summed E-state index contributed by atoms with van der Waals surface area (Å²) in [5.74, 6) is 2.45. The molecule has 1 nitrogen and oxygen atoms in total. The van der Waals surface area contributed by atoms with Crippen LogP contribution in [0.4, 0.5) is 0 Å². The largest absolute Gasteiger partial charge is 0.494 e. The molecule has 2 rings (SSSR count). The van der Waals surface area contributed by atoms with Crippen molar-refractivity contribution in [3.63, 3.8) is 0 Å². The standard InChI is InChI=1S/C16H22O/c1-13-8-10-16(11-9-13)14(2)17-12-15-6-4-3-5-7-15/h3-7,13,16H,2,8-12H2,1H3. The van der Waals surface area contributed by atoms with Gasteiger partial charge >= 0.3 is 0 Å². The summed E-state index contributed by atoms with van der Waals surface area (Å²) in [5, 5.41) is 0. The fourth-order valence-electron chi connectivity index (χ4n) is 2.45. The maximum atomic E-state index is 5.81. The molecule has 0 amide bonds. The maximum Gasteiger partial charge on any atom is 0.113 e. The number of benzene rings is 1. The first kappa shape index (κ1) is 12.2. The molecule has 1 aliphatic rings. The fraction of sp³-hybridized carbons (Fsp3) is 0.500. The highest BCUT2D eigenvalue weighted by molar-refractivity contribution is 5.13. The molecular weight excluding hydrogens is 208 g/mol. The predicted octanol–water partition coefficient (Wildman–Crippen LogP) is 4.54. The van der Waals surface area contributed by atoms with Crippen molar-refractivity contribution in [2.24, 2.45) is 11.8 Å². The lowest BCUT2D eigenvalue weighted by Gasteiger charge is -2.27. The van der Waals surface area contributed by atoms with Crippen LogP contribution in [0.5, 0.6) is 0 Å². The van der Waals surface area contributed by atoms with Gasteiger partial charge in [0.15, 0.2) is 0 Å². The van der Waals surface area contributed by atoms with Gasteiger partial charge in [-0.05, 0) is 24.3 Å². The van der Waals surface area contributed by atoms with Crippen molar-refractivity contribution in [3.05, 3.63) is 48.2 Å². The van der Waals surface area contributed by atoms with Gasteiger partial charge in [-0.1, -0.05) is 56.7 Å². The average molecular weight is 230 g/mol. The summed E-state index contributed by atoms with van der Waals surface area (Å²) < 4.78 is 5.81. The quantitative estimate of drug-likeness (QED) is 0.690. The van der Waals surface area contributed by atoms with Crippen LogP contribution in [0.2, 0.25) is 0 Å². The molecule has 1 aromatic rings. The second-order valence-corrected chi connectivity index (χ2v) is 5.20. The van der Waals surface area contributed by atoms with E-state index in [1.807, 2.05) is 18.2 Å². The SMILES string of the molecule is C=C(OCc1ccccc1)C1CCC(C)CC1. The van der Waals surface area contributed by atoms with Crippen molar-refractivity contribution in [3.8, 4) is 0 Å². The van der Waals surface area contributed by atoms with Crippen molar-refractivity contribution in [2.75, 3.05) is 0 Å². The maximum absolute atomic E-state index is 5.81. The van der Waals surface area contributed by atoms with Crippen molar-refractivity contribution in [1.29, 1.82) is 0 Å². The van der Waals surface area contributed by atoms with Crippen LogP contribution in [0, 0.1) is 11.8 Å². The fourth-order valence-corrected chi connectivity index (χ4v) is 2.45. The van der Waals surface area contributed by atoms with Gasteiger partial charge in [0, 0.05) is 5.92 Å². The molecule has 1 aromatic carbocycles. The van der Waals surface area contributed by atoms with Crippen LogP contribution in [0.1, 0.15) is 38.2 Å². The Morgan fingerprint density at radius 3 is 2.47 bits per heavy atom. The molecule has 0 heterocycles. The lowest BCUT2D eigenvalue weighted by molar-refractivity contribution is 0.143. The van der Waals surface area contributed by atoms with Gasteiger partial charge in [-0.25, -0.2) is 0 Å². The molecule has 1 fully saturated rings. The van der Waals surface area contributed by atoms with Crippen LogP contribution >= 0.6 is 0 Å². The summed E-state index contributed by atoms with van der Waals surface area (Å²) in [6.45, 7) is 7.09. The molecule has 17 heavy (non-hydrogen) atoms. The summed E-state index contributed by atoms with van der Waals surface area (Å²) in [4.78, 5) is 0. The topological polar surface area (TPSA) is 9.23 Å². The lowest BCUT2D eigenvalue weighted by atomic mass is 9.82. The van der Waals surface area contributed by atoms with Crippen molar-refractivity contribution < 1.29 is 4.74 Å². The molecule has 0 spiro atoms. The number of ether oxygens (including phenoxy) is 1. The normalized spacial score (nSPS) is 24.3. The van der Waals surface area contributed by atoms with Gasteiger partial charge in [-0.15, -0.1) is 0 Å². The minimum absolute atomic E-state index is 0.579. The number of hydrogen-bond acceptors (Lipinski definition) is 1. The van der Waals surface area contributed by atoms with Crippen LogP contribution in [0.15, 0.2) is 42.7 Å². The Morgan fingerprint density at radius 2 is 1.82 bits per heavy atom. The van der Waals surface area contributed by atoms with E-state index < -0.39 is 0 Å². The number of rotatable bonds is 4. The van der Waals surface area contributed by atoms with Crippen molar-refractivity contribution in [1.82, 2.24) is 0 Å². The number of hydrogen-bond donors (Lipinski definition) is 0. The minimum atomic E-state index is 0.579. The molecule has 1 aliphatic carbocycles. The first-order valence-electron chi connectivity index (χ1n) is 6.61. The third kappa shape index (κ3) is 3.62. The molecule has 0 N–H and O–H groups in total. The zero-order valence-electron chi connectivity index (χ0n) is 10.7. The summed E-state index contributed by atoms with van der Waals surface area (Å²) in [6.07, 6.45) is 5.13. The molecule has 0 bridgehead atoms. The van der Waals surface area contributed by atoms with Crippen molar-refractivity contribution in [2.45, 2.75) is 39.2 Å². The van der Waals surface area contributed by atoms with Crippen LogP contribution < -0.4 is 0 Å². The van der Waals surface area contributed by atoms with Crippen molar-refractivity contribution >= 4 is 0 Å². The molecule has 1 heteroatoms. The first-order valence-corrected chi connectivity index (χ1v) is 6.61. The summed E-state index contributed by atoms with van der Waals surface area (Å²) in [5.41, 5.74) is 1.22. The second kappa shape index (κ2) is 5.90. The van der Waals surface area contributed by atoms with E-state index in [2.05, 4.69) is 25.6 Å². The molecule has 92 valence electrons. The van der Waals surface area contributed by atoms with E-state index in [-0.39, 0.29) is 0 Å². The smallest absolute Gasteiger partial charge is 0.113 e. The molecule has 0 saturated heterocycles. The third-order valence-corrected chi connectivity index (χ3v) is 3.74. The van der Waals surface area contributed by atoms with E-state index in [1.54, 1.807) is 0 Å². The Hall–Kier alpha value is -1.24. The van der Waals surface area contributed by atoms with Gasteiger partial charge < -0.3 is 4.74 Å². The Kier molecular flexibility index (Phi) is 4.24. The lowest BCUT2D eigenvalue weighted by Crippen LogP contribution is -2.15. The van der Waals surface area contributed by atoms with E-state index in [0.717, 1.165) is 11.7 Å².